The minimum atomic E-state index is 0.807. The largest absolute Gasteiger partial charge is 0.314 e. The summed E-state index contributed by atoms with van der Waals surface area (Å²) in [7, 11) is 3.88. The Balaban J connectivity index is 2.43. The van der Waals surface area contributed by atoms with Crippen LogP contribution in [0.1, 0.15) is 5.69 Å². The van der Waals surface area contributed by atoms with Crippen molar-refractivity contribution in [3.05, 3.63) is 28.4 Å². The van der Waals surface area contributed by atoms with Gasteiger partial charge in [0.2, 0.25) is 0 Å². The lowest BCUT2D eigenvalue weighted by atomic mass is 10.2. The van der Waals surface area contributed by atoms with Crippen molar-refractivity contribution in [3.63, 3.8) is 0 Å². The molecule has 2 rings (SSSR count). The summed E-state index contributed by atoms with van der Waals surface area (Å²) in [5.41, 5.74) is 2.33. The van der Waals surface area contributed by atoms with Crippen LogP contribution in [0.2, 0.25) is 4.34 Å². The summed E-state index contributed by atoms with van der Waals surface area (Å²) in [6.45, 7) is 0.807. The second kappa shape index (κ2) is 4.35. The standard InChI is InChI=1S/C10H12ClN3S/c1-12-6-8-7(5-13-14(8)2)9-3-4-10(11)15-9/h3-5,12H,6H2,1-2H3. The highest BCUT2D eigenvalue weighted by Crippen LogP contribution is 2.32. The highest BCUT2D eigenvalue weighted by atomic mass is 35.5. The minimum Gasteiger partial charge on any atom is -0.314 e. The number of thiophene rings is 1. The van der Waals surface area contributed by atoms with Crippen molar-refractivity contribution >= 4 is 22.9 Å². The molecule has 0 spiro atoms. The van der Waals surface area contributed by atoms with E-state index in [1.165, 1.54) is 10.6 Å². The molecule has 0 saturated carbocycles. The summed E-state index contributed by atoms with van der Waals surface area (Å²) in [5, 5.41) is 7.40. The van der Waals surface area contributed by atoms with E-state index >= 15 is 0 Å². The zero-order valence-electron chi connectivity index (χ0n) is 8.62. The lowest BCUT2D eigenvalue weighted by Gasteiger charge is -2.03. The van der Waals surface area contributed by atoms with Gasteiger partial charge in [-0.05, 0) is 19.2 Å². The van der Waals surface area contributed by atoms with Crippen LogP contribution in [-0.4, -0.2) is 16.8 Å². The number of hydrogen-bond donors (Lipinski definition) is 1. The second-order valence-corrected chi connectivity index (χ2v) is 4.98. The van der Waals surface area contributed by atoms with Crippen LogP contribution in [0.5, 0.6) is 0 Å². The van der Waals surface area contributed by atoms with Gasteiger partial charge in [0.1, 0.15) is 0 Å². The predicted octanol–water partition coefficient (Wildman–Crippen LogP) is 2.52. The lowest BCUT2D eigenvalue weighted by molar-refractivity contribution is 0.673. The number of aromatic nitrogens is 2. The Morgan fingerprint density at radius 3 is 2.93 bits per heavy atom. The van der Waals surface area contributed by atoms with E-state index in [4.69, 9.17) is 11.6 Å². The molecule has 0 saturated heterocycles. The van der Waals surface area contributed by atoms with E-state index < -0.39 is 0 Å². The van der Waals surface area contributed by atoms with Gasteiger partial charge in [-0.15, -0.1) is 11.3 Å². The predicted molar refractivity (Wildman–Crippen MR) is 64.3 cm³/mol. The third kappa shape index (κ3) is 2.07. The van der Waals surface area contributed by atoms with Crippen molar-refractivity contribution in [3.8, 4) is 10.4 Å². The zero-order valence-corrected chi connectivity index (χ0v) is 10.2. The van der Waals surface area contributed by atoms with Crippen molar-refractivity contribution in [2.45, 2.75) is 6.54 Å². The highest BCUT2D eigenvalue weighted by molar-refractivity contribution is 7.19. The van der Waals surface area contributed by atoms with Gasteiger partial charge >= 0.3 is 0 Å². The van der Waals surface area contributed by atoms with Crippen LogP contribution in [0.25, 0.3) is 10.4 Å². The van der Waals surface area contributed by atoms with Crippen LogP contribution in [0.3, 0.4) is 0 Å². The molecule has 0 radical (unpaired) electrons. The number of nitrogens with one attached hydrogen (secondary N) is 1. The van der Waals surface area contributed by atoms with E-state index in [9.17, 15) is 0 Å². The summed E-state index contributed by atoms with van der Waals surface area (Å²) in [6.07, 6.45) is 1.88. The van der Waals surface area contributed by atoms with Crippen LogP contribution < -0.4 is 5.32 Å². The van der Waals surface area contributed by atoms with Crippen molar-refractivity contribution in [1.29, 1.82) is 0 Å². The molecule has 0 aliphatic carbocycles. The summed E-state index contributed by atoms with van der Waals surface area (Å²) in [4.78, 5) is 1.17. The van der Waals surface area contributed by atoms with Gasteiger partial charge in [-0.3, -0.25) is 4.68 Å². The first-order valence-corrected chi connectivity index (χ1v) is 5.83. The van der Waals surface area contributed by atoms with Crippen molar-refractivity contribution in [2.75, 3.05) is 7.05 Å². The molecule has 0 atom stereocenters. The molecular formula is C10H12ClN3S. The van der Waals surface area contributed by atoms with E-state index in [1.807, 2.05) is 37.1 Å². The number of hydrogen-bond acceptors (Lipinski definition) is 3. The fraction of sp³-hybridized carbons (Fsp3) is 0.300. The normalized spacial score (nSPS) is 10.9. The third-order valence-electron chi connectivity index (χ3n) is 2.24. The number of nitrogens with zero attached hydrogens (tertiary/aromatic N) is 2. The molecule has 5 heteroatoms. The molecule has 0 unspecified atom stereocenters. The Bertz CT molecular complexity index is 461. The molecule has 2 aromatic rings. The summed E-state index contributed by atoms with van der Waals surface area (Å²) in [6, 6.07) is 3.95. The van der Waals surface area contributed by atoms with E-state index in [0.717, 1.165) is 16.4 Å². The van der Waals surface area contributed by atoms with Gasteiger partial charge in [0, 0.05) is 24.0 Å². The van der Waals surface area contributed by atoms with Gasteiger partial charge in [-0.1, -0.05) is 11.6 Å². The summed E-state index contributed by atoms with van der Waals surface area (Å²) in [5.74, 6) is 0. The van der Waals surface area contributed by atoms with Gasteiger partial charge in [0.05, 0.1) is 16.2 Å². The maximum Gasteiger partial charge on any atom is 0.0934 e. The van der Waals surface area contributed by atoms with E-state index in [0.29, 0.717) is 0 Å². The van der Waals surface area contributed by atoms with Crippen LogP contribution in [0.4, 0.5) is 0 Å². The molecular weight excluding hydrogens is 230 g/mol. The Morgan fingerprint density at radius 2 is 2.33 bits per heavy atom. The van der Waals surface area contributed by atoms with Crippen LogP contribution in [0.15, 0.2) is 18.3 Å². The minimum absolute atomic E-state index is 0.807. The number of halogens is 1. The van der Waals surface area contributed by atoms with E-state index in [2.05, 4.69) is 10.4 Å². The molecule has 80 valence electrons. The summed E-state index contributed by atoms with van der Waals surface area (Å²) < 4.78 is 2.70. The quantitative estimate of drug-likeness (QED) is 0.895. The zero-order chi connectivity index (χ0) is 10.8. The van der Waals surface area contributed by atoms with Crippen molar-refractivity contribution in [2.24, 2.45) is 7.05 Å². The SMILES string of the molecule is CNCc1c(-c2ccc(Cl)s2)cnn1C. The van der Waals surface area contributed by atoms with Crippen LogP contribution in [-0.2, 0) is 13.6 Å². The molecule has 2 heterocycles. The van der Waals surface area contributed by atoms with Crippen LogP contribution in [0, 0.1) is 0 Å². The fourth-order valence-corrected chi connectivity index (χ4v) is 2.58. The topological polar surface area (TPSA) is 29.9 Å². The summed E-state index contributed by atoms with van der Waals surface area (Å²) >= 11 is 7.50. The molecule has 0 aromatic carbocycles. The molecule has 0 amide bonds. The lowest BCUT2D eigenvalue weighted by Crippen LogP contribution is -2.10. The monoisotopic (exact) mass is 241 g/mol. The van der Waals surface area contributed by atoms with E-state index in [-0.39, 0.29) is 0 Å². The maximum atomic E-state index is 5.92. The first-order chi connectivity index (χ1) is 7.22. The Labute approximate surface area is 97.7 Å². The molecule has 3 nitrogen and oxygen atoms in total. The molecule has 0 bridgehead atoms. The first kappa shape index (κ1) is 10.7. The van der Waals surface area contributed by atoms with Gasteiger partial charge in [-0.2, -0.15) is 5.10 Å². The smallest absolute Gasteiger partial charge is 0.0934 e. The molecule has 0 aliphatic heterocycles. The average molecular weight is 242 g/mol. The van der Waals surface area contributed by atoms with Crippen molar-refractivity contribution in [1.82, 2.24) is 15.1 Å². The van der Waals surface area contributed by atoms with Gasteiger partial charge < -0.3 is 5.32 Å². The first-order valence-electron chi connectivity index (χ1n) is 4.63. The van der Waals surface area contributed by atoms with Gasteiger partial charge in [0.15, 0.2) is 0 Å². The van der Waals surface area contributed by atoms with Crippen molar-refractivity contribution < 1.29 is 0 Å². The second-order valence-electron chi connectivity index (χ2n) is 3.26. The Hall–Kier alpha value is -0.840. The Kier molecular flexibility index (Phi) is 3.09. The van der Waals surface area contributed by atoms with Gasteiger partial charge in [0.25, 0.3) is 0 Å². The van der Waals surface area contributed by atoms with Crippen LogP contribution >= 0.6 is 22.9 Å². The molecule has 0 fully saturated rings. The fourth-order valence-electron chi connectivity index (χ4n) is 1.50. The molecule has 0 aliphatic rings. The number of rotatable bonds is 3. The Morgan fingerprint density at radius 1 is 1.53 bits per heavy atom. The molecule has 2 aromatic heterocycles. The number of aryl methyl sites for hydroxylation is 1. The van der Waals surface area contributed by atoms with E-state index in [1.54, 1.807) is 11.3 Å². The molecule has 15 heavy (non-hydrogen) atoms. The highest BCUT2D eigenvalue weighted by Gasteiger charge is 2.11. The average Bonchev–Trinajstić information content (AvgIpc) is 2.76. The third-order valence-corrected chi connectivity index (χ3v) is 3.51. The molecule has 1 N–H and O–H groups in total. The van der Waals surface area contributed by atoms with Gasteiger partial charge in [-0.25, -0.2) is 0 Å². The maximum absolute atomic E-state index is 5.92.